The molecule has 40 heavy (non-hydrogen) atoms. The van der Waals surface area contributed by atoms with Crippen molar-refractivity contribution in [1.29, 1.82) is 0 Å². The third kappa shape index (κ3) is 4.93. The van der Waals surface area contributed by atoms with E-state index in [0.717, 1.165) is 33.3 Å². The second-order valence-electron chi connectivity index (χ2n) is 9.75. The Labute approximate surface area is 241 Å². The zero-order valence-corrected chi connectivity index (χ0v) is 24.2. The summed E-state index contributed by atoms with van der Waals surface area (Å²) < 4.78 is 17.6. The monoisotopic (exact) mass is 606 g/mol. The predicted octanol–water partition coefficient (Wildman–Crippen LogP) is 5.15. The van der Waals surface area contributed by atoms with Crippen molar-refractivity contribution in [3.8, 4) is 16.9 Å². The van der Waals surface area contributed by atoms with E-state index in [2.05, 4.69) is 22.9 Å². The number of hydrogen-bond acceptors (Lipinski definition) is 6. The van der Waals surface area contributed by atoms with Gasteiger partial charge in [-0.1, -0.05) is 77.8 Å². The number of carbonyl (C=O) groups excluding carboxylic acids is 3. The van der Waals surface area contributed by atoms with Gasteiger partial charge in [0.05, 0.1) is 12.6 Å². The summed E-state index contributed by atoms with van der Waals surface area (Å²) in [7, 11) is 2.70. The second-order valence-corrected chi connectivity index (χ2v) is 10.7. The third-order valence-corrected chi connectivity index (χ3v) is 7.89. The highest BCUT2D eigenvalue weighted by Gasteiger charge is 2.61. The van der Waals surface area contributed by atoms with E-state index < -0.39 is 36.1 Å². The van der Waals surface area contributed by atoms with Gasteiger partial charge in [-0.15, -0.1) is 0 Å². The maximum Gasteiger partial charge on any atom is 0.262 e. The molecule has 2 aliphatic heterocycles. The van der Waals surface area contributed by atoms with Crippen LogP contribution in [0.25, 0.3) is 11.1 Å². The van der Waals surface area contributed by atoms with Gasteiger partial charge < -0.3 is 19.1 Å². The normalized spacial score (nSPS) is 22.6. The van der Waals surface area contributed by atoms with E-state index in [1.54, 1.807) is 4.90 Å². The van der Waals surface area contributed by atoms with Crippen LogP contribution in [0.2, 0.25) is 0 Å². The molecule has 2 heterocycles. The first-order valence-corrected chi connectivity index (χ1v) is 14.0. The topological polar surface area (TPSA) is 85.4 Å². The van der Waals surface area contributed by atoms with Crippen LogP contribution in [-0.4, -0.2) is 61.7 Å². The van der Waals surface area contributed by atoms with Crippen molar-refractivity contribution < 1.29 is 28.6 Å². The summed E-state index contributed by atoms with van der Waals surface area (Å²) >= 11 is 3.52. The van der Waals surface area contributed by atoms with Crippen molar-refractivity contribution in [2.75, 3.05) is 25.7 Å². The zero-order chi connectivity index (χ0) is 28.4. The van der Waals surface area contributed by atoms with Crippen LogP contribution < -0.4 is 9.64 Å². The molecule has 0 N–H and O–H groups in total. The van der Waals surface area contributed by atoms with Crippen LogP contribution >= 0.6 is 15.9 Å². The minimum atomic E-state index is -1.12. The lowest BCUT2D eigenvalue weighted by molar-refractivity contribution is -0.153. The molecule has 0 radical (unpaired) electrons. The summed E-state index contributed by atoms with van der Waals surface area (Å²) in [6.45, 7) is 2.58. The summed E-state index contributed by atoms with van der Waals surface area (Å²) in [4.78, 5) is 43.2. The minimum Gasteiger partial charge on any atom is -0.493 e. The Kier molecular flexibility index (Phi) is 8.35. The maximum atomic E-state index is 13.9. The molecule has 8 nitrogen and oxygen atoms in total. The average Bonchev–Trinajstić information content (AvgIpc) is 3.21. The summed E-state index contributed by atoms with van der Waals surface area (Å²) in [6.07, 6.45) is -0.412. The average molecular weight is 608 g/mol. The van der Waals surface area contributed by atoms with Crippen LogP contribution in [0, 0.1) is 0 Å². The molecule has 9 heteroatoms. The van der Waals surface area contributed by atoms with Gasteiger partial charge in [-0.3, -0.25) is 19.3 Å². The van der Waals surface area contributed by atoms with Gasteiger partial charge in [0.25, 0.3) is 17.7 Å². The number of likely N-dealkylation sites (tertiary alicyclic amines) is 1. The molecule has 0 saturated carbocycles. The van der Waals surface area contributed by atoms with Crippen LogP contribution in [0.4, 0.5) is 5.69 Å². The van der Waals surface area contributed by atoms with E-state index in [9.17, 15) is 14.4 Å². The third-order valence-electron chi connectivity index (χ3n) is 7.39. The highest BCUT2D eigenvalue weighted by molar-refractivity contribution is 9.10. The van der Waals surface area contributed by atoms with Crippen LogP contribution in [0.1, 0.15) is 31.4 Å². The Hall–Kier alpha value is -3.53. The number of methoxy groups -OCH3 is 2. The highest BCUT2D eigenvalue weighted by Crippen LogP contribution is 2.47. The Morgan fingerprint density at radius 1 is 0.750 bits per heavy atom. The van der Waals surface area contributed by atoms with E-state index in [1.165, 1.54) is 14.2 Å². The number of hydrogen-bond donors (Lipinski definition) is 0. The van der Waals surface area contributed by atoms with Crippen molar-refractivity contribution in [2.45, 2.75) is 44.1 Å². The van der Waals surface area contributed by atoms with Crippen LogP contribution in [-0.2, 0) is 23.9 Å². The fourth-order valence-corrected chi connectivity index (χ4v) is 5.68. The Balaban J connectivity index is 1.56. The van der Waals surface area contributed by atoms with Gasteiger partial charge in [0.15, 0.2) is 12.2 Å². The van der Waals surface area contributed by atoms with Gasteiger partial charge in [0.2, 0.25) is 0 Å². The molecule has 0 bridgehead atoms. The number of rotatable bonds is 10. The maximum absolute atomic E-state index is 13.9. The van der Waals surface area contributed by atoms with Crippen molar-refractivity contribution in [2.24, 2.45) is 0 Å². The molecule has 208 valence electrons. The number of ether oxygens (including phenoxy) is 3. The molecule has 0 aliphatic carbocycles. The molecule has 0 aromatic heterocycles. The number of benzene rings is 3. The van der Waals surface area contributed by atoms with Crippen molar-refractivity contribution >= 4 is 39.3 Å². The van der Waals surface area contributed by atoms with E-state index in [1.807, 2.05) is 72.8 Å². The SMILES string of the molecule is CCCCOc1cc(Br)ccc1[C@@H]1C(N2C(=O)[C@H](OC)[C@@H](OC)C2=O)C(=O)N1c1ccc(-c2ccccc2)cc1. The Bertz CT molecular complexity index is 1370. The van der Waals surface area contributed by atoms with E-state index in [0.29, 0.717) is 23.6 Å². The Morgan fingerprint density at radius 3 is 1.98 bits per heavy atom. The van der Waals surface area contributed by atoms with E-state index >= 15 is 0 Å². The van der Waals surface area contributed by atoms with Gasteiger partial charge in [-0.05, 0) is 41.8 Å². The number of halogens is 1. The van der Waals surface area contributed by atoms with Gasteiger partial charge in [-0.2, -0.15) is 0 Å². The molecule has 2 aliphatic rings. The van der Waals surface area contributed by atoms with Crippen molar-refractivity contribution in [1.82, 2.24) is 4.90 Å². The Morgan fingerprint density at radius 2 is 1.38 bits per heavy atom. The van der Waals surface area contributed by atoms with Gasteiger partial charge in [0.1, 0.15) is 11.8 Å². The highest BCUT2D eigenvalue weighted by atomic mass is 79.9. The minimum absolute atomic E-state index is 0.367. The quantitative estimate of drug-likeness (QED) is 0.180. The molecular weight excluding hydrogens is 576 g/mol. The van der Waals surface area contributed by atoms with Crippen molar-refractivity contribution in [3.05, 3.63) is 82.8 Å². The number of unbranched alkanes of at least 4 members (excludes halogenated alkanes) is 1. The fourth-order valence-electron chi connectivity index (χ4n) is 5.34. The standard InChI is InChI=1S/C31H31BrN2O6/c1-4-5-17-40-24-18-21(32)13-16-23(24)25-26(34-30(36)27(38-2)28(39-3)31(34)37)29(35)33(25)22-14-11-20(12-15-22)19-9-7-6-8-10-19/h6-16,18,25-28H,4-5,17H2,1-3H3/t25-,26?,27-,28-/m1/s1. The summed E-state index contributed by atoms with van der Waals surface area (Å²) in [5, 5.41) is 0. The number of nitrogens with zero attached hydrogens (tertiary/aromatic N) is 2. The predicted molar refractivity (Wildman–Crippen MR) is 154 cm³/mol. The van der Waals surface area contributed by atoms with Crippen LogP contribution in [0.15, 0.2) is 77.3 Å². The number of imide groups is 1. The number of anilines is 1. The number of amides is 3. The molecular formula is C31H31BrN2O6. The van der Waals surface area contributed by atoms with Crippen molar-refractivity contribution in [3.63, 3.8) is 0 Å². The molecule has 2 fully saturated rings. The van der Waals surface area contributed by atoms with Gasteiger partial charge >= 0.3 is 0 Å². The summed E-state index contributed by atoms with van der Waals surface area (Å²) in [5.74, 6) is -0.963. The molecule has 4 atom stereocenters. The first kappa shape index (κ1) is 28.0. The number of β-lactam (4-membered cyclic amide) rings is 1. The molecule has 3 amide bonds. The molecule has 2 saturated heterocycles. The number of carbonyl (C=O) groups is 3. The van der Waals surface area contributed by atoms with E-state index in [-0.39, 0.29) is 5.91 Å². The van der Waals surface area contributed by atoms with Crippen LogP contribution in [0.5, 0.6) is 5.75 Å². The van der Waals surface area contributed by atoms with Gasteiger partial charge in [0, 0.05) is 29.9 Å². The second kappa shape index (κ2) is 11.9. The molecule has 3 aromatic rings. The zero-order valence-electron chi connectivity index (χ0n) is 22.6. The smallest absolute Gasteiger partial charge is 0.262 e. The molecule has 3 aromatic carbocycles. The largest absolute Gasteiger partial charge is 0.493 e. The molecule has 0 spiro atoms. The van der Waals surface area contributed by atoms with E-state index in [4.69, 9.17) is 14.2 Å². The first-order chi connectivity index (χ1) is 19.4. The molecule has 5 rings (SSSR count). The van der Waals surface area contributed by atoms with Crippen LogP contribution in [0.3, 0.4) is 0 Å². The summed E-state index contributed by atoms with van der Waals surface area (Å²) in [6, 6.07) is 21.5. The lowest BCUT2D eigenvalue weighted by Crippen LogP contribution is -2.67. The lowest BCUT2D eigenvalue weighted by atomic mass is 9.85. The van der Waals surface area contributed by atoms with Gasteiger partial charge in [-0.25, -0.2) is 0 Å². The first-order valence-electron chi connectivity index (χ1n) is 13.2. The fraction of sp³-hybridized carbons (Fsp3) is 0.323. The lowest BCUT2D eigenvalue weighted by Gasteiger charge is -2.50. The summed E-state index contributed by atoms with van der Waals surface area (Å²) in [5.41, 5.74) is 3.42. The molecule has 1 unspecified atom stereocenters.